The van der Waals surface area contributed by atoms with Crippen LogP contribution in [0.2, 0.25) is 0 Å². The van der Waals surface area contributed by atoms with Gasteiger partial charge in [-0.3, -0.25) is 10.1 Å². The number of fused-ring (bicyclic) bond motifs is 2. The van der Waals surface area contributed by atoms with Crippen LogP contribution in [0.15, 0.2) is 41.1 Å². The van der Waals surface area contributed by atoms with E-state index >= 15 is 0 Å². The number of nitrogens with zero attached hydrogens (tertiary/aromatic N) is 3. The lowest BCUT2D eigenvalue weighted by Gasteiger charge is -2.05. The van der Waals surface area contributed by atoms with Crippen LogP contribution in [-0.4, -0.2) is 20.3 Å². The first-order valence-corrected chi connectivity index (χ1v) is 8.34. The Morgan fingerprint density at radius 2 is 2.08 bits per heavy atom. The lowest BCUT2D eigenvalue weighted by atomic mass is 10.0. The van der Waals surface area contributed by atoms with E-state index in [4.69, 9.17) is 4.52 Å². The van der Waals surface area contributed by atoms with Crippen LogP contribution in [0.25, 0.3) is 22.0 Å². The molecule has 0 bridgehead atoms. The number of nitrogens with one attached hydrogen (secondary N) is 2. The molecule has 4 aromatic rings. The van der Waals surface area contributed by atoms with E-state index in [-0.39, 0.29) is 0 Å². The first-order chi connectivity index (χ1) is 11.9. The lowest BCUT2D eigenvalue weighted by molar-refractivity contribution is 0.437. The Bertz CT molecular complexity index is 1010. The van der Waals surface area contributed by atoms with Crippen molar-refractivity contribution >= 4 is 33.5 Å². The first kappa shape index (κ1) is 13.5. The van der Waals surface area contributed by atoms with Gasteiger partial charge in [-0.05, 0) is 37.1 Å². The molecule has 3 aromatic heterocycles. The number of aromatic nitrogens is 4. The first-order valence-electron chi connectivity index (χ1n) is 8.34. The van der Waals surface area contributed by atoms with Gasteiger partial charge >= 0.3 is 0 Å². The average molecular weight is 319 g/mol. The van der Waals surface area contributed by atoms with Crippen molar-refractivity contribution in [2.75, 3.05) is 5.32 Å². The SMILES string of the molecule is c1cnc2c(Nc3ccc4c(C5CCCC5)noc4c3)n[nH]c2c1. The number of rotatable bonds is 3. The van der Waals surface area contributed by atoms with Crippen molar-refractivity contribution in [3.8, 4) is 0 Å². The monoisotopic (exact) mass is 319 g/mol. The van der Waals surface area contributed by atoms with Crippen LogP contribution in [0.1, 0.15) is 37.3 Å². The number of pyridine rings is 1. The van der Waals surface area contributed by atoms with Gasteiger partial charge in [0.1, 0.15) is 5.52 Å². The van der Waals surface area contributed by atoms with E-state index in [2.05, 4.69) is 31.7 Å². The highest BCUT2D eigenvalue weighted by atomic mass is 16.5. The topological polar surface area (TPSA) is 79.6 Å². The number of benzene rings is 1. The van der Waals surface area contributed by atoms with E-state index in [0.29, 0.717) is 11.7 Å². The molecule has 24 heavy (non-hydrogen) atoms. The van der Waals surface area contributed by atoms with Gasteiger partial charge in [0.2, 0.25) is 0 Å². The predicted molar refractivity (Wildman–Crippen MR) is 92.4 cm³/mol. The van der Waals surface area contributed by atoms with Crippen molar-refractivity contribution < 1.29 is 4.52 Å². The maximum atomic E-state index is 5.57. The molecule has 1 aromatic carbocycles. The molecular weight excluding hydrogens is 302 g/mol. The van der Waals surface area contributed by atoms with Crippen LogP contribution >= 0.6 is 0 Å². The quantitative estimate of drug-likeness (QED) is 0.581. The summed E-state index contributed by atoms with van der Waals surface area (Å²) in [6.07, 6.45) is 6.77. The Kier molecular flexibility index (Phi) is 3.01. The highest BCUT2D eigenvalue weighted by Crippen LogP contribution is 2.37. The van der Waals surface area contributed by atoms with Gasteiger partial charge in [-0.1, -0.05) is 18.0 Å². The molecule has 0 amide bonds. The zero-order valence-electron chi connectivity index (χ0n) is 13.1. The van der Waals surface area contributed by atoms with E-state index in [0.717, 1.165) is 33.4 Å². The zero-order valence-corrected chi connectivity index (χ0v) is 13.1. The molecule has 0 unspecified atom stereocenters. The molecule has 120 valence electrons. The van der Waals surface area contributed by atoms with Crippen LogP contribution in [0.4, 0.5) is 11.5 Å². The molecule has 3 heterocycles. The Balaban J connectivity index is 1.49. The third kappa shape index (κ3) is 2.14. The number of hydrogen-bond donors (Lipinski definition) is 2. The van der Waals surface area contributed by atoms with Gasteiger partial charge < -0.3 is 9.84 Å². The number of H-pyrrole nitrogens is 1. The summed E-state index contributed by atoms with van der Waals surface area (Å²) in [6.45, 7) is 0. The third-order valence-electron chi connectivity index (χ3n) is 4.82. The van der Waals surface area contributed by atoms with Crippen molar-refractivity contribution in [3.63, 3.8) is 0 Å². The third-order valence-corrected chi connectivity index (χ3v) is 4.82. The van der Waals surface area contributed by atoms with Crippen LogP contribution in [0, 0.1) is 0 Å². The van der Waals surface area contributed by atoms with E-state index in [1.165, 1.54) is 25.7 Å². The molecule has 0 aliphatic heterocycles. The van der Waals surface area contributed by atoms with Crippen molar-refractivity contribution in [3.05, 3.63) is 42.2 Å². The van der Waals surface area contributed by atoms with Gasteiger partial charge in [-0.15, -0.1) is 0 Å². The van der Waals surface area contributed by atoms with E-state index in [1.807, 2.05) is 24.3 Å². The lowest BCUT2D eigenvalue weighted by Crippen LogP contribution is -1.93. The maximum Gasteiger partial charge on any atom is 0.178 e. The molecule has 6 nitrogen and oxygen atoms in total. The Labute approximate surface area is 138 Å². The molecule has 0 saturated heterocycles. The summed E-state index contributed by atoms with van der Waals surface area (Å²) in [5, 5.41) is 16.0. The fourth-order valence-electron chi connectivity index (χ4n) is 3.61. The molecule has 2 N–H and O–H groups in total. The van der Waals surface area contributed by atoms with Gasteiger partial charge in [-0.25, -0.2) is 0 Å². The average Bonchev–Trinajstić information content (AvgIpc) is 3.34. The van der Waals surface area contributed by atoms with Crippen molar-refractivity contribution in [1.29, 1.82) is 0 Å². The summed E-state index contributed by atoms with van der Waals surface area (Å²) < 4.78 is 5.57. The minimum Gasteiger partial charge on any atom is -0.356 e. The van der Waals surface area contributed by atoms with Crippen molar-refractivity contribution in [2.24, 2.45) is 0 Å². The molecular formula is C18H17N5O. The van der Waals surface area contributed by atoms with Gasteiger partial charge in [0.05, 0.1) is 11.2 Å². The summed E-state index contributed by atoms with van der Waals surface area (Å²) in [5.41, 5.74) is 4.57. The number of anilines is 2. The molecule has 1 saturated carbocycles. The highest BCUT2D eigenvalue weighted by molar-refractivity contribution is 5.89. The summed E-state index contributed by atoms with van der Waals surface area (Å²) in [4.78, 5) is 4.36. The van der Waals surface area contributed by atoms with E-state index < -0.39 is 0 Å². The van der Waals surface area contributed by atoms with E-state index in [1.54, 1.807) is 6.20 Å². The molecule has 1 fully saturated rings. The Morgan fingerprint density at radius 1 is 1.17 bits per heavy atom. The number of hydrogen-bond acceptors (Lipinski definition) is 5. The Hall–Kier alpha value is -2.89. The Morgan fingerprint density at radius 3 is 3.00 bits per heavy atom. The van der Waals surface area contributed by atoms with Gasteiger partial charge in [-0.2, -0.15) is 5.10 Å². The normalized spacial score (nSPS) is 15.5. The second-order valence-electron chi connectivity index (χ2n) is 6.36. The number of aromatic amines is 1. The van der Waals surface area contributed by atoms with Gasteiger partial charge in [0.15, 0.2) is 11.4 Å². The minimum absolute atomic E-state index is 0.546. The zero-order chi connectivity index (χ0) is 15.9. The van der Waals surface area contributed by atoms with Crippen molar-refractivity contribution in [2.45, 2.75) is 31.6 Å². The molecule has 0 spiro atoms. The second kappa shape index (κ2) is 5.33. The van der Waals surface area contributed by atoms with Crippen LogP contribution in [0.5, 0.6) is 0 Å². The van der Waals surface area contributed by atoms with Gasteiger partial charge in [0, 0.05) is 29.3 Å². The fraction of sp³-hybridized carbons (Fsp3) is 0.278. The van der Waals surface area contributed by atoms with Crippen LogP contribution in [0.3, 0.4) is 0 Å². The predicted octanol–water partition coefficient (Wildman–Crippen LogP) is 4.50. The standard InChI is InChI=1S/C18H17N5O/c1-2-5-11(4-1)16-13-8-7-12(10-15(13)24-23-16)20-18-17-14(21-22-18)6-3-9-19-17/h3,6-11H,1-2,4-5H2,(H2,20,21,22). The summed E-state index contributed by atoms with van der Waals surface area (Å²) in [6, 6.07) is 9.94. The molecule has 0 atom stereocenters. The van der Waals surface area contributed by atoms with Crippen LogP contribution < -0.4 is 5.32 Å². The van der Waals surface area contributed by atoms with Crippen LogP contribution in [-0.2, 0) is 0 Å². The molecule has 6 heteroatoms. The fourth-order valence-corrected chi connectivity index (χ4v) is 3.61. The maximum absolute atomic E-state index is 5.57. The van der Waals surface area contributed by atoms with E-state index in [9.17, 15) is 0 Å². The summed E-state index contributed by atoms with van der Waals surface area (Å²) in [5.74, 6) is 1.25. The molecule has 1 aliphatic carbocycles. The molecule has 5 rings (SSSR count). The smallest absolute Gasteiger partial charge is 0.178 e. The summed E-state index contributed by atoms with van der Waals surface area (Å²) >= 11 is 0. The minimum atomic E-state index is 0.546. The highest BCUT2D eigenvalue weighted by Gasteiger charge is 2.23. The largest absolute Gasteiger partial charge is 0.356 e. The summed E-state index contributed by atoms with van der Waals surface area (Å²) in [7, 11) is 0. The van der Waals surface area contributed by atoms with Gasteiger partial charge in [0.25, 0.3) is 0 Å². The van der Waals surface area contributed by atoms with Crippen molar-refractivity contribution in [1.82, 2.24) is 20.3 Å². The molecule has 1 aliphatic rings. The molecule has 0 radical (unpaired) electrons. The second-order valence-corrected chi connectivity index (χ2v) is 6.36.